The molecule has 7 heteroatoms. The molecule has 2 aliphatic rings. The number of carboxylic acids is 1. The Morgan fingerprint density at radius 1 is 1.23 bits per heavy atom. The highest BCUT2D eigenvalue weighted by atomic mass is 16.5. The fourth-order valence-corrected chi connectivity index (χ4v) is 4.39. The number of nitrogens with one attached hydrogen (secondary N) is 1. The quantitative estimate of drug-likeness (QED) is 0.636. The number of likely N-dealkylation sites (tertiary alicyclic amines) is 1. The highest BCUT2D eigenvalue weighted by molar-refractivity contribution is 5.88. The molecular formula is C19H32N2O5. The monoisotopic (exact) mass is 368 g/mol. The van der Waals surface area contributed by atoms with Gasteiger partial charge in [0.1, 0.15) is 12.1 Å². The lowest BCUT2D eigenvalue weighted by Gasteiger charge is -2.35. The number of carbonyl (C=O) groups excluding carboxylic acids is 2. The Morgan fingerprint density at radius 2 is 1.92 bits per heavy atom. The topological polar surface area (TPSA) is 95.9 Å². The first kappa shape index (κ1) is 20.7. The average molecular weight is 368 g/mol. The van der Waals surface area contributed by atoms with Gasteiger partial charge in [0, 0.05) is 6.04 Å². The second kappa shape index (κ2) is 9.35. The van der Waals surface area contributed by atoms with E-state index in [-0.39, 0.29) is 23.8 Å². The zero-order chi connectivity index (χ0) is 19.3. The van der Waals surface area contributed by atoms with E-state index in [0.29, 0.717) is 19.4 Å². The molecular weight excluding hydrogens is 336 g/mol. The van der Waals surface area contributed by atoms with Crippen LogP contribution in [0.5, 0.6) is 0 Å². The van der Waals surface area contributed by atoms with Crippen LogP contribution < -0.4 is 5.32 Å². The molecule has 26 heavy (non-hydrogen) atoms. The van der Waals surface area contributed by atoms with E-state index in [2.05, 4.69) is 5.32 Å². The minimum atomic E-state index is -0.935. The number of ether oxygens (including phenoxy) is 1. The molecule has 2 fully saturated rings. The summed E-state index contributed by atoms with van der Waals surface area (Å²) in [7, 11) is 0. The molecule has 5 atom stereocenters. The number of hydrogen-bond donors (Lipinski definition) is 2. The van der Waals surface area contributed by atoms with Gasteiger partial charge in [0.25, 0.3) is 0 Å². The van der Waals surface area contributed by atoms with Gasteiger partial charge in [0.05, 0.1) is 12.6 Å². The fourth-order valence-electron chi connectivity index (χ4n) is 4.39. The summed E-state index contributed by atoms with van der Waals surface area (Å²) in [5.41, 5.74) is 0. The molecule has 0 unspecified atom stereocenters. The number of esters is 1. The molecule has 148 valence electrons. The van der Waals surface area contributed by atoms with Crippen molar-refractivity contribution in [3.05, 3.63) is 0 Å². The van der Waals surface area contributed by atoms with Crippen LogP contribution in [0.2, 0.25) is 0 Å². The summed E-state index contributed by atoms with van der Waals surface area (Å²) >= 11 is 0. The van der Waals surface area contributed by atoms with Crippen molar-refractivity contribution in [2.24, 2.45) is 5.92 Å². The molecule has 1 saturated carbocycles. The summed E-state index contributed by atoms with van der Waals surface area (Å²) in [6.45, 7) is 5.72. The second-order valence-corrected chi connectivity index (χ2v) is 7.43. The number of hydrogen-bond acceptors (Lipinski definition) is 5. The Kier molecular flexibility index (Phi) is 7.43. The molecule has 0 bridgehead atoms. The fraction of sp³-hybridized carbons (Fsp3) is 0.842. The largest absolute Gasteiger partial charge is 0.480 e. The summed E-state index contributed by atoms with van der Waals surface area (Å²) < 4.78 is 5.09. The van der Waals surface area contributed by atoms with E-state index in [1.165, 1.54) is 0 Å². The third kappa shape index (κ3) is 4.55. The van der Waals surface area contributed by atoms with Crippen LogP contribution in [0.15, 0.2) is 0 Å². The van der Waals surface area contributed by atoms with Crippen LogP contribution in [0.4, 0.5) is 0 Å². The minimum Gasteiger partial charge on any atom is -0.480 e. The standard InChI is InChI=1S/C19H32N2O5/c1-4-8-14(19(25)26-5-2)20-12(3)17(22)21-15-10-7-6-9-13(15)11-16(21)18(23)24/h12-16,20H,4-11H2,1-3H3,(H,23,24)/t12-,13-,14+,15-,16-/m1/s1. The van der Waals surface area contributed by atoms with E-state index in [1.807, 2.05) is 6.92 Å². The molecule has 2 rings (SSSR count). The maximum atomic E-state index is 13.1. The number of carboxylic acid groups (broad SMARTS) is 1. The van der Waals surface area contributed by atoms with Gasteiger partial charge in [-0.05, 0) is 45.4 Å². The van der Waals surface area contributed by atoms with Crippen LogP contribution in [0.3, 0.4) is 0 Å². The van der Waals surface area contributed by atoms with Gasteiger partial charge in [-0.15, -0.1) is 0 Å². The van der Waals surface area contributed by atoms with Gasteiger partial charge >= 0.3 is 11.9 Å². The Hall–Kier alpha value is -1.63. The van der Waals surface area contributed by atoms with Gasteiger partial charge in [-0.1, -0.05) is 26.2 Å². The van der Waals surface area contributed by atoms with E-state index in [9.17, 15) is 19.5 Å². The first-order chi connectivity index (χ1) is 12.4. The SMILES string of the molecule is CCC[C@H](N[C@H](C)C(=O)N1[C@@H](C(=O)O)C[C@H]2CCCC[C@H]21)C(=O)OCC. The molecule has 0 spiro atoms. The van der Waals surface area contributed by atoms with E-state index in [0.717, 1.165) is 32.1 Å². The van der Waals surface area contributed by atoms with E-state index >= 15 is 0 Å². The molecule has 0 radical (unpaired) electrons. The molecule has 0 aromatic carbocycles. The van der Waals surface area contributed by atoms with Crippen LogP contribution in [0.25, 0.3) is 0 Å². The zero-order valence-electron chi connectivity index (χ0n) is 16.1. The normalized spacial score (nSPS) is 27.5. The second-order valence-electron chi connectivity index (χ2n) is 7.43. The van der Waals surface area contributed by atoms with Crippen molar-refractivity contribution in [3.63, 3.8) is 0 Å². The lowest BCUT2D eigenvalue weighted by Crippen LogP contribution is -2.55. The Labute approximate surface area is 155 Å². The van der Waals surface area contributed by atoms with Crippen LogP contribution in [0.1, 0.15) is 65.7 Å². The molecule has 0 aromatic rings. The Bertz CT molecular complexity index is 524. The van der Waals surface area contributed by atoms with Crippen LogP contribution in [0, 0.1) is 5.92 Å². The van der Waals surface area contributed by atoms with Crippen molar-refractivity contribution >= 4 is 17.8 Å². The van der Waals surface area contributed by atoms with Crippen LogP contribution in [-0.4, -0.2) is 58.6 Å². The van der Waals surface area contributed by atoms with E-state index in [4.69, 9.17) is 4.74 Å². The van der Waals surface area contributed by atoms with Gasteiger partial charge in [0.2, 0.25) is 5.91 Å². The van der Waals surface area contributed by atoms with Gasteiger partial charge in [-0.2, -0.15) is 0 Å². The summed E-state index contributed by atoms with van der Waals surface area (Å²) in [5.74, 6) is -1.24. The van der Waals surface area contributed by atoms with E-state index in [1.54, 1.807) is 18.7 Å². The summed E-state index contributed by atoms with van der Waals surface area (Å²) in [6, 6.07) is -1.92. The van der Waals surface area contributed by atoms with Gasteiger partial charge in [0.15, 0.2) is 0 Å². The first-order valence-corrected chi connectivity index (χ1v) is 9.88. The van der Waals surface area contributed by atoms with Gasteiger partial charge in [-0.25, -0.2) is 4.79 Å². The number of aliphatic carboxylic acids is 1. The van der Waals surface area contributed by atoms with Crippen molar-refractivity contribution in [2.45, 2.75) is 89.9 Å². The van der Waals surface area contributed by atoms with Crippen molar-refractivity contribution in [3.8, 4) is 0 Å². The smallest absolute Gasteiger partial charge is 0.326 e. The Morgan fingerprint density at radius 3 is 2.54 bits per heavy atom. The van der Waals surface area contributed by atoms with Crippen LogP contribution in [-0.2, 0) is 19.1 Å². The maximum absolute atomic E-state index is 13.1. The van der Waals surface area contributed by atoms with Crippen molar-refractivity contribution < 1.29 is 24.2 Å². The number of amides is 1. The summed E-state index contributed by atoms with van der Waals surface area (Å²) in [6.07, 6.45) is 5.87. The molecule has 1 saturated heterocycles. The van der Waals surface area contributed by atoms with E-state index < -0.39 is 24.1 Å². The highest BCUT2D eigenvalue weighted by Gasteiger charge is 2.48. The number of fused-ring (bicyclic) bond motifs is 1. The first-order valence-electron chi connectivity index (χ1n) is 9.88. The minimum absolute atomic E-state index is 0.00817. The van der Waals surface area contributed by atoms with Crippen molar-refractivity contribution in [1.82, 2.24) is 10.2 Å². The summed E-state index contributed by atoms with van der Waals surface area (Å²) in [4.78, 5) is 38.5. The highest BCUT2D eigenvalue weighted by Crippen LogP contribution is 2.40. The third-order valence-corrected chi connectivity index (χ3v) is 5.60. The van der Waals surface area contributed by atoms with Gasteiger partial charge in [-0.3, -0.25) is 14.9 Å². The lowest BCUT2D eigenvalue weighted by molar-refractivity contribution is -0.152. The third-order valence-electron chi connectivity index (χ3n) is 5.60. The number of nitrogens with zero attached hydrogens (tertiary/aromatic N) is 1. The molecule has 1 aliphatic heterocycles. The lowest BCUT2D eigenvalue weighted by atomic mass is 9.84. The van der Waals surface area contributed by atoms with Crippen LogP contribution >= 0.6 is 0 Å². The molecule has 2 N–H and O–H groups in total. The molecule has 0 aromatic heterocycles. The molecule has 7 nitrogen and oxygen atoms in total. The Balaban J connectivity index is 2.10. The molecule has 1 amide bonds. The predicted octanol–water partition coefficient (Wildman–Crippen LogP) is 1.94. The zero-order valence-corrected chi connectivity index (χ0v) is 16.1. The predicted molar refractivity (Wildman–Crippen MR) is 96.6 cm³/mol. The molecule has 1 heterocycles. The molecule has 1 aliphatic carbocycles. The maximum Gasteiger partial charge on any atom is 0.326 e. The average Bonchev–Trinajstić information content (AvgIpc) is 3.00. The number of carbonyl (C=O) groups is 3. The summed E-state index contributed by atoms with van der Waals surface area (Å²) in [5, 5.41) is 12.7. The van der Waals surface area contributed by atoms with Crippen molar-refractivity contribution in [2.75, 3.05) is 6.61 Å². The number of rotatable bonds is 8. The van der Waals surface area contributed by atoms with Crippen molar-refractivity contribution in [1.29, 1.82) is 0 Å². The van der Waals surface area contributed by atoms with Gasteiger partial charge < -0.3 is 14.7 Å².